The molecule has 0 radical (unpaired) electrons. The summed E-state index contributed by atoms with van der Waals surface area (Å²) in [5, 5.41) is 6.88. The molecule has 0 aliphatic carbocycles. The number of rotatable bonds is 5. The molecule has 0 saturated carbocycles. The third-order valence-corrected chi connectivity index (χ3v) is 4.47. The Morgan fingerprint density at radius 3 is 1.87 bits per heavy atom. The fraction of sp³-hybridized carbons (Fsp3) is 0. The maximum Gasteiger partial charge on any atom is 0.295 e. The van der Waals surface area contributed by atoms with E-state index in [9.17, 15) is 14.4 Å². The number of nitrogens with zero attached hydrogens (tertiary/aromatic N) is 2. The molecule has 30 heavy (non-hydrogen) atoms. The molecule has 1 aromatic heterocycles. The number of hydrogen-bond acceptors (Lipinski definition) is 4. The molecule has 4 aromatic rings. The number of anilines is 1. The minimum absolute atomic E-state index is 0.0259. The number of nitrogens with one attached hydrogen (secondary N) is 1. The van der Waals surface area contributed by atoms with Crippen LogP contribution < -0.4 is 10.9 Å². The summed E-state index contributed by atoms with van der Waals surface area (Å²) < 4.78 is 1.12. The molecule has 0 aliphatic rings. The number of carbonyl (C=O) groups is 2. The van der Waals surface area contributed by atoms with Crippen LogP contribution in [-0.2, 0) is 0 Å². The fourth-order valence-corrected chi connectivity index (χ4v) is 2.96. The Labute approximate surface area is 172 Å². The molecule has 1 heterocycles. The van der Waals surface area contributed by atoms with E-state index in [0.29, 0.717) is 16.8 Å². The van der Waals surface area contributed by atoms with Gasteiger partial charge in [-0.3, -0.25) is 14.4 Å². The van der Waals surface area contributed by atoms with Crippen LogP contribution in [0.4, 0.5) is 5.69 Å². The van der Waals surface area contributed by atoms with Crippen molar-refractivity contribution in [2.45, 2.75) is 0 Å². The molecule has 0 unspecified atom stereocenters. The molecule has 6 nitrogen and oxygen atoms in total. The van der Waals surface area contributed by atoms with Gasteiger partial charge in [-0.25, -0.2) is 0 Å². The van der Waals surface area contributed by atoms with Crippen LogP contribution in [0.25, 0.3) is 5.69 Å². The minimum atomic E-state index is -0.532. The standard InChI is InChI=1S/C24H17N3O3/c28-22(17-10-4-1-5-11-17)20-16-21(25-23(29)18-12-6-2-7-13-18)24(30)27(26-20)19-14-8-3-9-15-19/h1-16H,(H,25,29). The second kappa shape index (κ2) is 8.36. The minimum Gasteiger partial charge on any atom is -0.317 e. The van der Waals surface area contributed by atoms with Crippen molar-refractivity contribution in [3.8, 4) is 5.69 Å². The lowest BCUT2D eigenvalue weighted by molar-refractivity contribution is 0.101. The van der Waals surface area contributed by atoms with Crippen LogP contribution in [0, 0.1) is 0 Å². The maximum absolute atomic E-state index is 13.0. The van der Waals surface area contributed by atoms with Gasteiger partial charge in [0.05, 0.1) is 5.69 Å². The van der Waals surface area contributed by atoms with Crippen LogP contribution in [0.1, 0.15) is 26.4 Å². The monoisotopic (exact) mass is 395 g/mol. The zero-order chi connectivity index (χ0) is 20.9. The molecule has 0 fully saturated rings. The summed E-state index contributed by atoms with van der Waals surface area (Å²) in [6.07, 6.45) is 0. The highest BCUT2D eigenvalue weighted by Gasteiger charge is 2.18. The zero-order valence-corrected chi connectivity index (χ0v) is 15.9. The largest absolute Gasteiger partial charge is 0.317 e. The zero-order valence-electron chi connectivity index (χ0n) is 15.9. The van der Waals surface area contributed by atoms with E-state index in [1.165, 1.54) is 6.07 Å². The van der Waals surface area contributed by atoms with Crippen molar-refractivity contribution in [3.63, 3.8) is 0 Å². The van der Waals surface area contributed by atoms with Gasteiger partial charge >= 0.3 is 0 Å². The average molecular weight is 395 g/mol. The summed E-state index contributed by atoms with van der Waals surface area (Å²) in [6.45, 7) is 0. The van der Waals surface area contributed by atoms with Crippen molar-refractivity contribution in [1.82, 2.24) is 9.78 Å². The third kappa shape index (κ3) is 3.93. The summed E-state index contributed by atoms with van der Waals surface area (Å²) >= 11 is 0. The summed E-state index contributed by atoms with van der Waals surface area (Å²) in [7, 11) is 0. The van der Waals surface area contributed by atoms with Gasteiger partial charge in [0, 0.05) is 11.1 Å². The van der Waals surface area contributed by atoms with E-state index in [0.717, 1.165) is 4.68 Å². The quantitative estimate of drug-likeness (QED) is 0.522. The molecule has 0 atom stereocenters. The first kappa shape index (κ1) is 19.0. The van der Waals surface area contributed by atoms with E-state index in [2.05, 4.69) is 10.4 Å². The highest BCUT2D eigenvalue weighted by atomic mass is 16.2. The number of benzene rings is 3. The normalized spacial score (nSPS) is 10.4. The molecule has 0 bridgehead atoms. The van der Waals surface area contributed by atoms with Crippen LogP contribution in [0.3, 0.4) is 0 Å². The molecule has 1 N–H and O–H groups in total. The first-order valence-corrected chi connectivity index (χ1v) is 9.29. The van der Waals surface area contributed by atoms with Crippen molar-refractivity contribution in [1.29, 1.82) is 0 Å². The number of ketones is 1. The molecule has 0 aliphatic heterocycles. The molecular formula is C24H17N3O3. The molecule has 0 spiro atoms. The van der Waals surface area contributed by atoms with E-state index in [4.69, 9.17) is 0 Å². The second-order valence-corrected chi connectivity index (χ2v) is 6.51. The Kier molecular flexibility index (Phi) is 5.30. The van der Waals surface area contributed by atoms with Crippen molar-refractivity contribution in [2.24, 2.45) is 0 Å². The summed E-state index contributed by atoms with van der Waals surface area (Å²) in [5.41, 5.74) is 0.810. The van der Waals surface area contributed by atoms with Gasteiger partial charge in [0.2, 0.25) is 5.78 Å². The van der Waals surface area contributed by atoms with Gasteiger partial charge in [0.15, 0.2) is 0 Å². The van der Waals surface area contributed by atoms with Crippen molar-refractivity contribution < 1.29 is 9.59 Å². The van der Waals surface area contributed by atoms with Crippen LogP contribution in [-0.4, -0.2) is 21.5 Å². The Morgan fingerprint density at radius 2 is 1.27 bits per heavy atom. The first-order valence-electron chi connectivity index (χ1n) is 9.29. The summed E-state index contributed by atoms with van der Waals surface area (Å²) in [5.74, 6) is -0.799. The van der Waals surface area contributed by atoms with E-state index in [1.54, 1.807) is 84.9 Å². The van der Waals surface area contributed by atoms with Gasteiger partial charge in [-0.05, 0) is 30.3 Å². The average Bonchev–Trinajstić information content (AvgIpc) is 2.81. The molecule has 6 heteroatoms. The van der Waals surface area contributed by atoms with Crippen LogP contribution in [0.5, 0.6) is 0 Å². The Hall–Kier alpha value is -4.32. The summed E-state index contributed by atoms with van der Waals surface area (Å²) in [6, 6.07) is 27.2. The van der Waals surface area contributed by atoms with Crippen LogP contribution in [0.15, 0.2) is 102 Å². The smallest absolute Gasteiger partial charge is 0.295 e. The van der Waals surface area contributed by atoms with E-state index >= 15 is 0 Å². The van der Waals surface area contributed by atoms with E-state index in [1.807, 2.05) is 6.07 Å². The third-order valence-electron chi connectivity index (χ3n) is 4.47. The Balaban J connectivity index is 1.81. The van der Waals surface area contributed by atoms with E-state index < -0.39 is 11.5 Å². The molecule has 3 aromatic carbocycles. The van der Waals surface area contributed by atoms with Crippen molar-refractivity contribution in [3.05, 3.63) is 124 Å². The first-order chi connectivity index (χ1) is 14.6. The SMILES string of the molecule is O=C(Nc1cc(C(=O)c2ccccc2)nn(-c2ccccc2)c1=O)c1ccccc1. The van der Waals surface area contributed by atoms with Crippen LogP contribution >= 0.6 is 0 Å². The number of aromatic nitrogens is 2. The lowest BCUT2D eigenvalue weighted by Crippen LogP contribution is -2.29. The molecule has 0 saturated heterocycles. The molecule has 4 rings (SSSR count). The van der Waals surface area contributed by atoms with Crippen molar-refractivity contribution in [2.75, 3.05) is 5.32 Å². The van der Waals surface area contributed by atoms with Gasteiger partial charge in [0.25, 0.3) is 11.5 Å². The number of carbonyl (C=O) groups excluding carboxylic acids is 2. The maximum atomic E-state index is 13.0. The fourth-order valence-electron chi connectivity index (χ4n) is 2.96. The predicted octanol–water partition coefficient (Wildman–Crippen LogP) is 3.72. The number of para-hydroxylation sites is 1. The lowest BCUT2D eigenvalue weighted by atomic mass is 10.1. The van der Waals surface area contributed by atoms with Crippen molar-refractivity contribution >= 4 is 17.4 Å². The van der Waals surface area contributed by atoms with Gasteiger partial charge in [-0.15, -0.1) is 0 Å². The van der Waals surface area contributed by atoms with E-state index in [-0.39, 0.29) is 17.2 Å². The second-order valence-electron chi connectivity index (χ2n) is 6.51. The summed E-state index contributed by atoms with van der Waals surface area (Å²) in [4.78, 5) is 38.6. The highest BCUT2D eigenvalue weighted by Crippen LogP contribution is 2.13. The Bertz CT molecular complexity index is 1250. The number of amides is 1. The van der Waals surface area contributed by atoms with Gasteiger partial charge in [0.1, 0.15) is 11.4 Å². The molecular weight excluding hydrogens is 378 g/mol. The lowest BCUT2D eigenvalue weighted by Gasteiger charge is -2.11. The topological polar surface area (TPSA) is 81.1 Å². The molecule has 146 valence electrons. The van der Waals surface area contributed by atoms with Crippen LogP contribution in [0.2, 0.25) is 0 Å². The van der Waals surface area contributed by atoms with Gasteiger partial charge in [-0.1, -0.05) is 66.7 Å². The Morgan fingerprint density at radius 1 is 0.733 bits per heavy atom. The highest BCUT2D eigenvalue weighted by molar-refractivity contribution is 6.09. The predicted molar refractivity (Wildman–Crippen MR) is 114 cm³/mol. The molecule has 1 amide bonds. The van der Waals surface area contributed by atoms with Gasteiger partial charge < -0.3 is 5.32 Å². The van der Waals surface area contributed by atoms with Gasteiger partial charge in [-0.2, -0.15) is 9.78 Å². The number of hydrogen-bond donors (Lipinski definition) is 1.